The Hall–Kier alpha value is -1.10. The van der Waals surface area contributed by atoms with Gasteiger partial charge < -0.3 is 13.8 Å². The molecule has 0 saturated carbocycles. The molecule has 1 rings (SSSR count). The van der Waals surface area contributed by atoms with Crippen molar-refractivity contribution in [3.05, 3.63) is 36.5 Å². The number of rotatable bonds is 7. The molecule has 0 atom stereocenters. The molecule has 0 bridgehead atoms. The van der Waals surface area contributed by atoms with Crippen LogP contribution in [0.3, 0.4) is 0 Å². The zero-order chi connectivity index (χ0) is 13.6. The summed E-state index contributed by atoms with van der Waals surface area (Å²) in [6, 6.07) is 8.39. The average Bonchev–Trinajstić information content (AvgIpc) is 2.44. The summed E-state index contributed by atoms with van der Waals surface area (Å²) in [5.41, 5.74) is 3.03. The van der Waals surface area contributed by atoms with Gasteiger partial charge in [-0.05, 0) is 36.9 Å². The van der Waals surface area contributed by atoms with E-state index >= 15 is 0 Å². The second-order valence-corrected chi connectivity index (χ2v) is 7.14. The van der Waals surface area contributed by atoms with Crippen LogP contribution in [0.15, 0.2) is 36.5 Å². The third kappa shape index (κ3) is 2.83. The van der Waals surface area contributed by atoms with Gasteiger partial charge in [-0.2, -0.15) is 0 Å². The monoisotopic (exact) mass is 265 g/mol. The van der Waals surface area contributed by atoms with Crippen LogP contribution in [0, 0.1) is 0 Å². The first kappa shape index (κ1) is 15.0. The van der Waals surface area contributed by atoms with Crippen molar-refractivity contribution in [1.29, 1.82) is 0 Å². The summed E-state index contributed by atoms with van der Waals surface area (Å²) in [4.78, 5) is 2.31. The first-order valence-electron chi connectivity index (χ1n) is 6.26. The number of hydrogen-bond donors (Lipinski definition) is 0. The highest BCUT2D eigenvalue weighted by atomic mass is 28.4. The molecule has 0 N–H and O–H groups in total. The van der Waals surface area contributed by atoms with Crippen LogP contribution in [-0.4, -0.2) is 35.9 Å². The van der Waals surface area contributed by atoms with Crippen LogP contribution in [0.2, 0.25) is 0 Å². The fourth-order valence-corrected chi connectivity index (χ4v) is 3.94. The molecule has 1 aromatic rings. The number of hydrogen-bond acceptors (Lipinski definition) is 3. The Balaban J connectivity index is 3.04. The van der Waals surface area contributed by atoms with Crippen LogP contribution < -0.4 is 10.1 Å². The Kier molecular flexibility index (Phi) is 5.59. The molecule has 0 aliphatic heterocycles. The van der Waals surface area contributed by atoms with E-state index < -0.39 is 8.56 Å². The van der Waals surface area contributed by atoms with Gasteiger partial charge >= 0.3 is 8.56 Å². The van der Waals surface area contributed by atoms with Crippen LogP contribution in [0.4, 0.5) is 5.69 Å². The van der Waals surface area contributed by atoms with Gasteiger partial charge in [0, 0.05) is 33.0 Å². The Morgan fingerprint density at radius 3 is 1.94 bits per heavy atom. The van der Waals surface area contributed by atoms with Gasteiger partial charge in [0.1, 0.15) is 0 Å². The zero-order valence-electron chi connectivity index (χ0n) is 11.8. The molecule has 0 unspecified atom stereocenters. The van der Waals surface area contributed by atoms with Crippen LogP contribution in [0.1, 0.15) is 13.8 Å². The lowest BCUT2D eigenvalue weighted by molar-refractivity contribution is 0.271. The maximum Gasteiger partial charge on any atom is 0.398 e. The third-order valence-electron chi connectivity index (χ3n) is 3.27. The van der Waals surface area contributed by atoms with E-state index in [-0.39, 0.29) is 0 Å². The molecule has 0 fully saturated rings. The lowest BCUT2D eigenvalue weighted by Crippen LogP contribution is -2.50. The van der Waals surface area contributed by atoms with Crippen molar-refractivity contribution in [3.8, 4) is 0 Å². The minimum absolute atomic E-state index is 1.01. The molecule has 0 radical (unpaired) electrons. The van der Waals surface area contributed by atoms with E-state index in [1.54, 1.807) is 19.9 Å². The summed E-state index contributed by atoms with van der Waals surface area (Å²) in [6.45, 7) is 10.2. The Labute approximate surface area is 111 Å². The maximum absolute atomic E-state index is 5.56. The average molecular weight is 265 g/mol. The summed E-state index contributed by atoms with van der Waals surface area (Å²) in [7, 11) is 0.926. The van der Waals surface area contributed by atoms with Crippen molar-refractivity contribution in [1.82, 2.24) is 0 Å². The first-order valence-corrected chi connectivity index (χ1v) is 8.16. The minimum atomic E-state index is -2.43. The van der Waals surface area contributed by atoms with Gasteiger partial charge in [-0.1, -0.05) is 12.1 Å². The smallest absolute Gasteiger partial charge is 0.391 e. The van der Waals surface area contributed by atoms with Crippen molar-refractivity contribution in [2.24, 2.45) is 0 Å². The van der Waals surface area contributed by atoms with E-state index in [9.17, 15) is 0 Å². The lowest BCUT2D eigenvalue weighted by atomic mass is 10.3. The van der Waals surface area contributed by atoms with Gasteiger partial charge in [0.15, 0.2) is 0 Å². The SMILES string of the molecule is C=C[Si](OC)(OC)c1ccc(N(CC)CC)cc1. The highest BCUT2D eigenvalue weighted by molar-refractivity contribution is 6.85. The first-order chi connectivity index (χ1) is 8.67. The van der Waals surface area contributed by atoms with E-state index in [1.807, 2.05) is 0 Å². The highest BCUT2D eigenvalue weighted by Gasteiger charge is 2.34. The largest absolute Gasteiger partial charge is 0.398 e. The van der Waals surface area contributed by atoms with E-state index in [1.165, 1.54) is 5.69 Å². The Bertz CT molecular complexity index is 370. The van der Waals surface area contributed by atoms with E-state index in [0.717, 1.165) is 18.3 Å². The van der Waals surface area contributed by atoms with Crippen LogP contribution in [0.5, 0.6) is 0 Å². The summed E-state index contributed by atoms with van der Waals surface area (Å²) < 4.78 is 11.1. The summed E-state index contributed by atoms with van der Waals surface area (Å²) in [5.74, 6) is 0. The minimum Gasteiger partial charge on any atom is -0.391 e. The van der Waals surface area contributed by atoms with E-state index in [4.69, 9.17) is 8.85 Å². The molecule has 3 nitrogen and oxygen atoms in total. The van der Waals surface area contributed by atoms with E-state index in [2.05, 4.69) is 49.6 Å². The molecule has 0 aliphatic carbocycles. The van der Waals surface area contributed by atoms with Crippen molar-refractivity contribution in [2.75, 3.05) is 32.2 Å². The van der Waals surface area contributed by atoms with Gasteiger partial charge in [-0.15, -0.1) is 6.58 Å². The van der Waals surface area contributed by atoms with Crippen molar-refractivity contribution in [2.45, 2.75) is 13.8 Å². The van der Waals surface area contributed by atoms with Gasteiger partial charge in [-0.25, -0.2) is 0 Å². The lowest BCUT2D eigenvalue weighted by Gasteiger charge is -2.25. The molecule has 0 aliphatic rings. The number of anilines is 1. The Morgan fingerprint density at radius 1 is 1.11 bits per heavy atom. The van der Waals surface area contributed by atoms with Crippen molar-refractivity contribution >= 4 is 19.4 Å². The Morgan fingerprint density at radius 2 is 1.61 bits per heavy atom. The molecule has 1 aromatic carbocycles. The van der Waals surface area contributed by atoms with Crippen LogP contribution in [-0.2, 0) is 8.85 Å². The maximum atomic E-state index is 5.56. The molecule has 0 saturated heterocycles. The third-order valence-corrected chi connectivity index (χ3v) is 6.16. The fraction of sp³-hybridized carbons (Fsp3) is 0.429. The molecule has 0 amide bonds. The quantitative estimate of drug-likeness (QED) is 0.706. The molecule has 18 heavy (non-hydrogen) atoms. The topological polar surface area (TPSA) is 21.7 Å². The molecule has 0 heterocycles. The molecular weight excluding hydrogens is 242 g/mol. The van der Waals surface area contributed by atoms with E-state index in [0.29, 0.717) is 0 Å². The second kappa shape index (κ2) is 6.73. The molecular formula is C14H23NO2Si. The number of nitrogens with zero attached hydrogens (tertiary/aromatic N) is 1. The van der Waals surface area contributed by atoms with Gasteiger partial charge in [0.25, 0.3) is 0 Å². The second-order valence-electron chi connectivity index (χ2n) is 4.00. The predicted molar refractivity (Wildman–Crippen MR) is 79.6 cm³/mol. The summed E-state index contributed by atoms with van der Waals surface area (Å²) in [5, 5.41) is 1.08. The fourth-order valence-electron chi connectivity index (χ4n) is 2.10. The van der Waals surface area contributed by atoms with Crippen LogP contribution in [0.25, 0.3) is 0 Å². The van der Waals surface area contributed by atoms with Crippen molar-refractivity contribution in [3.63, 3.8) is 0 Å². The molecule has 0 aromatic heterocycles. The molecule has 4 heteroatoms. The standard InChI is InChI=1S/C14H23NO2Si/c1-6-15(7-2)13-9-11-14(12-10-13)18(8-3,16-4)17-5/h8-12H,3,6-7H2,1-2,4-5H3. The molecule has 100 valence electrons. The zero-order valence-corrected chi connectivity index (χ0v) is 12.8. The molecule has 0 spiro atoms. The summed E-state index contributed by atoms with van der Waals surface area (Å²) >= 11 is 0. The van der Waals surface area contributed by atoms with Gasteiger partial charge in [-0.3, -0.25) is 0 Å². The van der Waals surface area contributed by atoms with Gasteiger partial charge in [0.2, 0.25) is 0 Å². The van der Waals surface area contributed by atoms with Gasteiger partial charge in [0.05, 0.1) is 0 Å². The van der Waals surface area contributed by atoms with Crippen molar-refractivity contribution < 1.29 is 8.85 Å². The van der Waals surface area contributed by atoms with Crippen LogP contribution >= 0.6 is 0 Å². The predicted octanol–water partition coefficient (Wildman–Crippen LogP) is 2.20. The summed E-state index contributed by atoms with van der Waals surface area (Å²) in [6.07, 6.45) is 0. The number of benzene rings is 1. The highest BCUT2D eigenvalue weighted by Crippen LogP contribution is 2.14. The normalized spacial score (nSPS) is 11.3.